The van der Waals surface area contributed by atoms with Crippen LogP contribution >= 0.6 is 0 Å². The van der Waals surface area contributed by atoms with Gasteiger partial charge in [-0.1, -0.05) is 19.9 Å². The quantitative estimate of drug-likeness (QED) is 0.364. The second kappa shape index (κ2) is 11.9. The summed E-state index contributed by atoms with van der Waals surface area (Å²) < 4.78 is 28.1. The molecule has 1 atom stereocenters. The zero-order chi connectivity index (χ0) is 27.5. The van der Waals surface area contributed by atoms with Gasteiger partial charge in [-0.15, -0.1) is 0 Å². The van der Waals surface area contributed by atoms with E-state index in [1.54, 1.807) is 6.07 Å². The second-order valence-electron chi connectivity index (χ2n) is 11.2. The number of Topliss-reactive ketones (excluding diaryl/α,β-unsaturated/α-hetero) is 1. The molecule has 1 aromatic heterocycles. The number of amides is 1. The summed E-state index contributed by atoms with van der Waals surface area (Å²) in [7, 11) is 0. The van der Waals surface area contributed by atoms with Crippen molar-refractivity contribution in [3.8, 4) is 0 Å². The van der Waals surface area contributed by atoms with Gasteiger partial charge in [0, 0.05) is 18.5 Å². The van der Waals surface area contributed by atoms with E-state index < -0.39 is 17.7 Å². The van der Waals surface area contributed by atoms with Gasteiger partial charge in [-0.3, -0.25) is 14.5 Å². The predicted molar refractivity (Wildman–Crippen MR) is 147 cm³/mol. The van der Waals surface area contributed by atoms with Crippen LogP contribution in [0.15, 0.2) is 36.4 Å². The van der Waals surface area contributed by atoms with Crippen molar-refractivity contribution in [1.29, 1.82) is 0 Å². The number of ketones is 1. The van der Waals surface area contributed by atoms with Gasteiger partial charge < -0.3 is 15.6 Å². The van der Waals surface area contributed by atoms with E-state index in [1.807, 2.05) is 12.1 Å². The summed E-state index contributed by atoms with van der Waals surface area (Å²) in [4.78, 5) is 36.8. The highest BCUT2D eigenvalue weighted by atomic mass is 19.1. The number of hydrogen-bond acceptors (Lipinski definition) is 5. The third-order valence-electron chi connectivity index (χ3n) is 8.21. The maximum atomic E-state index is 14.6. The topological polar surface area (TPSA) is 90.1 Å². The molecule has 2 saturated heterocycles. The van der Waals surface area contributed by atoms with Crippen molar-refractivity contribution in [2.24, 2.45) is 11.8 Å². The average Bonchev–Trinajstić information content (AvgIpc) is 3.38. The number of aromatic amines is 1. The molecule has 0 aliphatic carbocycles. The van der Waals surface area contributed by atoms with Gasteiger partial charge in [0.1, 0.15) is 23.0 Å². The third-order valence-corrected chi connectivity index (χ3v) is 8.21. The summed E-state index contributed by atoms with van der Waals surface area (Å²) in [6, 6.07) is 8.36. The van der Waals surface area contributed by atoms with Crippen LogP contribution in [0, 0.1) is 23.5 Å². The predicted octanol–water partition coefficient (Wildman–Crippen LogP) is 4.66. The third kappa shape index (κ3) is 6.04. The highest BCUT2D eigenvalue weighted by Gasteiger charge is 2.37. The number of nitrogens with one attached hydrogen (secondary N) is 3. The van der Waals surface area contributed by atoms with Crippen LogP contribution in [-0.2, 0) is 0 Å². The molecule has 2 aliphatic rings. The molecule has 7 nitrogen and oxygen atoms in total. The Kier molecular flexibility index (Phi) is 8.37. The summed E-state index contributed by atoms with van der Waals surface area (Å²) >= 11 is 0. The fourth-order valence-corrected chi connectivity index (χ4v) is 5.96. The molecular weight excluding hydrogens is 500 g/mol. The number of piperidine rings is 2. The first-order valence-electron chi connectivity index (χ1n) is 14.0. The number of para-hydroxylation sites is 1. The van der Waals surface area contributed by atoms with Gasteiger partial charge in [0.05, 0.1) is 22.7 Å². The number of rotatable bonds is 8. The van der Waals surface area contributed by atoms with E-state index in [-0.39, 0.29) is 35.0 Å². The lowest BCUT2D eigenvalue weighted by atomic mass is 9.83. The number of H-pyrrole nitrogens is 1. The molecule has 1 unspecified atom stereocenters. The number of likely N-dealkylation sites (tertiary alicyclic amines) is 1. The summed E-state index contributed by atoms with van der Waals surface area (Å²) in [5.41, 5.74) is 2.06. The van der Waals surface area contributed by atoms with Crippen LogP contribution in [0.3, 0.4) is 0 Å². The minimum atomic E-state index is -0.802. The van der Waals surface area contributed by atoms with Gasteiger partial charge in [-0.05, 0) is 88.0 Å². The zero-order valence-electron chi connectivity index (χ0n) is 22.6. The molecule has 5 rings (SSSR count). The van der Waals surface area contributed by atoms with E-state index in [1.165, 1.54) is 6.07 Å². The van der Waals surface area contributed by atoms with E-state index in [9.17, 15) is 18.4 Å². The Morgan fingerprint density at radius 3 is 2.49 bits per heavy atom. The molecule has 0 saturated carbocycles. The molecule has 208 valence electrons. The molecule has 3 heterocycles. The fraction of sp³-hybridized carbons (Fsp3) is 0.500. The Hall–Kier alpha value is -3.17. The first-order valence-corrected chi connectivity index (χ1v) is 14.0. The molecule has 2 aliphatic heterocycles. The lowest BCUT2D eigenvalue weighted by Gasteiger charge is -2.41. The van der Waals surface area contributed by atoms with Gasteiger partial charge in [-0.25, -0.2) is 13.8 Å². The summed E-state index contributed by atoms with van der Waals surface area (Å²) in [5.74, 6) is -0.406. The highest BCUT2D eigenvalue weighted by molar-refractivity contribution is 6.05. The highest BCUT2D eigenvalue weighted by Crippen LogP contribution is 2.29. The Labute approximate surface area is 227 Å². The molecule has 39 heavy (non-hydrogen) atoms. The minimum absolute atomic E-state index is 0.0394. The molecule has 1 amide bonds. The molecule has 9 heteroatoms. The van der Waals surface area contributed by atoms with E-state index in [0.29, 0.717) is 30.7 Å². The largest absolute Gasteiger partial charge is 0.352 e. The molecular formula is C30H37F2N5O2. The smallest absolute Gasteiger partial charge is 0.253 e. The number of halogens is 2. The number of nitrogens with zero attached hydrogens (tertiary/aromatic N) is 2. The van der Waals surface area contributed by atoms with Crippen molar-refractivity contribution < 1.29 is 18.4 Å². The molecule has 0 bridgehead atoms. The number of benzene rings is 2. The van der Waals surface area contributed by atoms with Gasteiger partial charge in [0.25, 0.3) is 5.91 Å². The van der Waals surface area contributed by atoms with Gasteiger partial charge in [0.15, 0.2) is 5.78 Å². The lowest BCUT2D eigenvalue weighted by molar-refractivity contribution is 0.0556. The van der Waals surface area contributed by atoms with Crippen molar-refractivity contribution in [3.05, 3.63) is 65.0 Å². The van der Waals surface area contributed by atoms with Crippen molar-refractivity contribution in [1.82, 2.24) is 25.5 Å². The number of carbonyl (C=O) groups excluding carboxylic acids is 2. The Morgan fingerprint density at radius 2 is 1.79 bits per heavy atom. The van der Waals surface area contributed by atoms with Crippen molar-refractivity contribution >= 4 is 22.7 Å². The van der Waals surface area contributed by atoms with E-state index in [0.717, 1.165) is 62.2 Å². The normalized spacial score (nSPS) is 18.5. The number of imidazole rings is 1. The number of hydrogen-bond donors (Lipinski definition) is 3. The van der Waals surface area contributed by atoms with E-state index in [4.69, 9.17) is 0 Å². The standard InChI is InChI=1S/C30H37F2N5O2/c1-18(2)29-35-25-5-3-4-23(26(25)36-29)30(39)34-17-19-10-14-37(15-11-19)27(20-8-12-33-13-9-20)28(38)22-7-6-21(31)16-24(22)32/h3-7,16,18-20,27,33H,8-15,17H2,1-2H3,(H,34,39)(H,35,36). The van der Waals surface area contributed by atoms with Crippen molar-refractivity contribution in [3.63, 3.8) is 0 Å². The number of aromatic nitrogens is 2. The van der Waals surface area contributed by atoms with Crippen LogP contribution in [0.1, 0.15) is 72.0 Å². The fourth-order valence-electron chi connectivity index (χ4n) is 5.96. The van der Waals surface area contributed by atoms with Crippen LogP contribution < -0.4 is 10.6 Å². The summed E-state index contributed by atoms with van der Waals surface area (Å²) in [6.07, 6.45) is 3.33. The molecule has 2 aromatic carbocycles. The minimum Gasteiger partial charge on any atom is -0.352 e. The molecule has 0 radical (unpaired) electrons. The van der Waals surface area contributed by atoms with Crippen LogP contribution in [0.25, 0.3) is 11.0 Å². The molecule has 3 N–H and O–H groups in total. The van der Waals surface area contributed by atoms with E-state index in [2.05, 4.69) is 39.3 Å². The maximum Gasteiger partial charge on any atom is 0.253 e. The first-order chi connectivity index (χ1) is 18.8. The molecule has 3 aromatic rings. The SMILES string of the molecule is CC(C)c1nc2c(C(=O)NCC3CCN(C(C(=O)c4ccc(F)cc4F)C4CCNCC4)CC3)cccc2[nH]1. The van der Waals surface area contributed by atoms with Crippen LogP contribution in [-0.4, -0.2) is 65.3 Å². The van der Waals surface area contributed by atoms with Crippen LogP contribution in [0.5, 0.6) is 0 Å². The zero-order valence-corrected chi connectivity index (χ0v) is 22.6. The molecule has 0 spiro atoms. The van der Waals surface area contributed by atoms with Crippen molar-refractivity contribution in [2.45, 2.75) is 51.5 Å². The van der Waals surface area contributed by atoms with Crippen molar-refractivity contribution in [2.75, 3.05) is 32.7 Å². The molecule has 2 fully saturated rings. The second-order valence-corrected chi connectivity index (χ2v) is 11.2. The van der Waals surface area contributed by atoms with E-state index >= 15 is 0 Å². The summed E-state index contributed by atoms with van der Waals surface area (Å²) in [5, 5.41) is 6.43. The summed E-state index contributed by atoms with van der Waals surface area (Å²) in [6.45, 7) is 7.69. The number of carbonyl (C=O) groups is 2. The van der Waals surface area contributed by atoms with Gasteiger partial charge >= 0.3 is 0 Å². The number of fused-ring (bicyclic) bond motifs is 1. The van der Waals surface area contributed by atoms with Crippen LogP contribution in [0.4, 0.5) is 8.78 Å². The monoisotopic (exact) mass is 537 g/mol. The Balaban J connectivity index is 1.23. The van der Waals surface area contributed by atoms with Crippen LogP contribution in [0.2, 0.25) is 0 Å². The Bertz CT molecular complexity index is 1330. The maximum absolute atomic E-state index is 14.6. The van der Waals surface area contributed by atoms with Gasteiger partial charge in [-0.2, -0.15) is 0 Å². The first kappa shape index (κ1) is 27.4. The average molecular weight is 538 g/mol. The Morgan fingerprint density at radius 1 is 1.05 bits per heavy atom. The lowest BCUT2D eigenvalue weighted by Crippen LogP contribution is -2.52. The van der Waals surface area contributed by atoms with Gasteiger partial charge in [0.2, 0.25) is 0 Å².